The summed E-state index contributed by atoms with van der Waals surface area (Å²) in [6, 6.07) is 3.67. The number of aryl methyl sites for hydroxylation is 2. The third kappa shape index (κ3) is 2.01. The molecule has 2 aromatic rings. The number of nitrogens with one attached hydrogen (secondary N) is 1. The highest BCUT2D eigenvalue weighted by atomic mass is 19.1. The Kier molecular flexibility index (Phi) is 3.18. The molecule has 0 bridgehead atoms. The Balaban J connectivity index is 2.46. The molecular weight excluding hydrogens is 238 g/mol. The van der Waals surface area contributed by atoms with E-state index in [1.165, 1.54) is 18.2 Å². The number of nitrogen functional groups attached to an aromatic ring is 1. The van der Waals surface area contributed by atoms with Crippen molar-refractivity contribution in [3.63, 3.8) is 0 Å². The van der Waals surface area contributed by atoms with Gasteiger partial charge in [-0.1, -0.05) is 6.07 Å². The third-order valence-electron chi connectivity index (χ3n) is 2.68. The summed E-state index contributed by atoms with van der Waals surface area (Å²) >= 11 is 0. The van der Waals surface area contributed by atoms with Crippen molar-refractivity contribution in [3.8, 4) is 0 Å². The van der Waals surface area contributed by atoms with Gasteiger partial charge in [-0.15, -0.1) is 0 Å². The molecule has 18 heavy (non-hydrogen) atoms. The Morgan fingerprint density at radius 3 is 2.50 bits per heavy atom. The maximum atomic E-state index is 13.5. The van der Waals surface area contributed by atoms with E-state index in [0.29, 0.717) is 23.7 Å². The molecule has 0 fully saturated rings. The average Bonchev–Trinajstić information content (AvgIpc) is 2.61. The van der Waals surface area contributed by atoms with E-state index < -0.39 is 11.6 Å². The minimum Gasteiger partial charge on any atom is -0.394 e. The number of rotatable bonds is 3. The van der Waals surface area contributed by atoms with E-state index in [0.717, 1.165) is 0 Å². The summed E-state index contributed by atoms with van der Waals surface area (Å²) in [5.74, 6) is -0.939. The molecule has 1 heterocycles. The first-order valence-corrected chi connectivity index (χ1v) is 5.58. The highest BCUT2D eigenvalue weighted by Crippen LogP contribution is 2.28. The van der Waals surface area contributed by atoms with Crippen molar-refractivity contribution in [3.05, 3.63) is 35.5 Å². The second-order valence-corrected chi connectivity index (χ2v) is 3.89. The van der Waals surface area contributed by atoms with E-state index in [1.807, 2.05) is 6.92 Å². The minimum atomic E-state index is -0.670. The van der Waals surface area contributed by atoms with Gasteiger partial charge < -0.3 is 11.1 Å². The first kappa shape index (κ1) is 12.3. The lowest BCUT2D eigenvalue weighted by molar-refractivity contribution is 0.589. The number of halogens is 2. The molecule has 0 aliphatic rings. The van der Waals surface area contributed by atoms with Crippen molar-refractivity contribution in [2.75, 3.05) is 11.1 Å². The van der Waals surface area contributed by atoms with E-state index in [-0.39, 0.29) is 5.69 Å². The normalized spacial score (nSPS) is 10.7. The lowest BCUT2D eigenvalue weighted by Gasteiger charge is -2.10. The average molecular weight is 252 g/mol. The molecule has 6 heteroatoms. The van der Waals surface area contributed by atoms with Crippen LogP contribution in [-0.4, -0.2) is 9.78 Å². The number of nitrogens with two attached hydrogens (primary N) is 1. The molecule has 2 rings (SSSR count). The number of nitrogens with zero attached hydrogens (tertiary/aromatic N) is 2. The van der Waals surface area contributed by atoms with Crippen LogP contribution in [0.1, 0.15) is 12.6 Å². The Morgan fingerprint density at radius 2 is 1.94 bits per heavy atom. The molecular formula is C12H14F2N4. The molecule has 4 nitrogen and oxygen atoms in total. The van der Waals surface area contributed by atoms with Gasteiger partial charge in [0, 0.05) is 6.54 Å². The van der Waals surface area contributed by atoms with Gasteiger partial charge in [0.25, 0.3) is 0 Å². The van der Waals surface area contributed by atoms with Crippen LogP contribution in [0, 0.1) is 18.6 Å². The standard InChI is InChI=1S/C12H14F2N4/c1-3-18-12(10(15)7(2)17-18)16-11-8(13)5-4-6-9(11)14/h4-6,16H,3,15H2,1-2H3. The molecule has 0 saturated heterocycles. The van der Waals surface area contributed by atoms with Crippen LogP contribution < -0.4 is 11.1 Å². The summed E-state index contributed by atoms with van der Waals surface area (Å²) in [4.78, 5) is 0. The van der Waals surface area contributed by atoms with E-state index in [4.69, 9.17) is 5.73 Å². The topological polar surface area (TPSA) is 55.9 Å². The van der Waals surface area contributed by atoms with Crippen molar-refractivity contribution < 1.29 is 8.78 Å². The van der Waals surface area contributed by atoms with Gasteiger partial charge in [-0.2, -0.15) is 5.10 Å². The summed E-state index contributed by atoms with van der Waals surface area (Å²) in [6.45, 7) is 4.16. The molecule has 1 aromatic heterocycles. The first-order chi connectivity index (χ1) is 8.54. The summed E-state index contributed by atoms with van der Waals surface area (Å²) < 4.78 is 28.6. The predicted molar refractivity (Wildman–Crippen MR) is 66.7 cm³/mol. The molecule has 0 atom stereocenters. The second kappa shape index (κ2) is 4.64. The SMILES string of the molecule is CCn1nc(C)c(N)c1Nc1c(F)cccc1F. The number of aromatic nitrogens is 2. The van der Waals surface area contributed by atoms with Gasteiger partial charge in [0.15, 0.2) is 5.82 Å². The van der Waals surface area contributed by atoms with Gasteiger partial charge in [0.1, 0.15) is 17.3 Å². The smallest absolute Gasteiger partial charge is 0.152 e. The van der Waals surface area contributed by atoms with Gasteiger partial charge in [0.05, 0.1) is 11.4 Å². The fraction of sp³-hybridized carbons (Fsp3) is 0.250. The van der Waals surface area contributed by atoms with Gasteiger partial charge in [-0.3, -0.25) is 0 Å². The molecule has 0 spiro atoms. The van der Waals surface area contributed by atoms with E-state index in [1.54, 1.807) is 11.6 Å². The van der Waals surface area contributed by atoms with Gasteiger partial charge >= 0.3 is 0 Å². The molecule has 0 saturated carbocycles. The van der Waals surface area contributed by atoms with Crippen LogP contribution in [0.2, 0.25) is 0 Å². The van der Waals surface area contributed by atoms with Crippen molar-refractivity contribution >= 4 is 17.2 Å². The summed E-state index contributed by atoms with van der Waals surface area (Å²) in [5, 5.41) is 6.84. The van der Waals surface area contributed by atoms with Crippen LogP contribution in [0.25, 0.3) is 0 Å². The number of anilines is 3. The minimum absolute atomic E-state index is 0.223. The Labute approximate surface area is 103 Å². The van der Waals surface area contributed by atoms with Crippen molar-refractivity contribution in [1.29, 1.82) is 0 Å². The Bertz CT molecular complexity index is 557. The highest BCUT2D eigenvalue weighted by Gasteiger charge is 2.15. The molecule has 0 radical (unpaired) electrons. The Hall–Kier alpha value is -2.11. The summed E-state index contributed by atoms with van der Waals surface area (Å²) in [6.07, 6.45) is 0. The second-order valence-electron chi connectivity index (χ2n) is 3.89. The van der Waals surface area contributed by atoms with Gasteiger partial charge in [0.2, 0.25) is 0 Å². The molecule has 0 unspecified atom stereocenters. The van der Waals surface area contributed by atoms with E-state index in [2.05, 4.69) is 10.4 Å². The predicted octanol–water partition coefficient (Wildman–Crippen LogP) is 2.82. The fourth-order valence-electron chi connectivity index (χ4n) is 1.69. The van der Waals surface area contributed by atoms with Crippen LogP contribution in [0.3, 0.4) is 0 Å². The zero-order valence-electron chi connectivity index (χ0n) is 10.2. The van der Waals surface area contributed by atoms with Gasteiger partial charge in [-0.25, -0.2) is 13.5 Å². The Morgan fingerprint density at radius 1 is 1.33 bits per heavy atom. The van der Waals surface area contributed by atoms with Gasteiger partial charge in [-0.05, 0) is 26.0 Å². The molecule has 96 valence electrons. The van der Waals surface area contributed by atoms with E-state index in [9.17, 15) is 8.78 Å². The van der Waals surface area contributed by atoms with Crippen LogP contribution in [0.5, 0.6) is 0 Å². The zero-order chi connectivity index (χ0) is 13.3. The van der Waals surface area contributed by atoms with Crippen molar-refractivity contribution in [2.45, 2.75) is 20.4 Å². The number of benzene rings is 1. The maximum absolute atomic E-state index is 13.5. The first-order valence-electron chi connectivity index (χ1n) is 5.58. The van der Waals surface area contributed by atoms with Crippen LogP contribution in [0.4, 0.5) is 26.0 Å². The lowest BCUT2D eigenvalue weighted by Crippen LogP contribution is -2.06. The summed E-state index contributed by atoms with van der Waals surface area (Å²) in [7, 11) is 0. The molecule has 0 aliphatic heterocycles. The molecule has 3 N–H and O–H groups in total. The molecule has 0 amide bonds. The van der Waals surface area contributed by atoms with Crippen molar-refractivity contribution in [1.82, 2.24) is 9.78 Å². The van der Waals surface area contributed by atoms with E-state index >= 15 is 0 Å². The zero-order valence-corrected chi connectivity index (χ0v) is 10.2. The number of para-hydroxylation sites is 1. The van der Waals surface area contributed by atoms with Crippen LogP contribution >= 0.6 is 0 Å². The quantitative estimate of drug-likeness (QED) is 0.883. The third-order valence-corrected chi connectivity index (χ3v) is 2.68. The largest absolute Gasteiger partial charge is 0.394 e. The number of hydrogen-bond acceptors (Lipinski definition) is 3. The lowest BCUT2D eigenvalue weighted by atomic mass is 10.3. The maximum Gasteiger partial charge on any atom is 0.152 e. The molecule has 0 aliphatic carbocycles. The van der Waals surface area contributed by atoms with Crippen molar-refractivity contribution in [2.24, 2.45) is 0 Å². The number of hydrogen-bond donors (Lipinski definition) is 2. The monoisotopic (exact) mass is 252 g/mol. The van der Waals surface area contributed by atoms with Crippen LogP contribution in [-0.2, 0) is 6.54 Å². The molecule has 1 aromatic carbocycles. The fourth-order valence-corrected chi connectivity index (χ4v) is 1.69. The summed E-state index contributed by atoms with van der Waals surface area (Å²) in [5.41, 5.74) is 6.62. The highest BCUT2D eigenvalue weighted by molar-refractivity contribution is 5.71. The van der Waals surface area contributed by atoms with Crippen LogP contribution in [0.15, 0.2) is 18.2 Å².